The molecule has 0 atom stereocenters. The highest BCUT2D eigenvalue weighted by Gasteiger charge is 2.10. The number of carboxylic acid groups (broad SMARTS) is 1. The zero-order chi connectivity index (χ0) is 17.8. The lowest BCUT2D eigenvalue weighted by atomic mass is 10.2. The maximum absolute atomic E-state index is 11.3. The number of carbonyl (C=O) groups is 1. The van der Waals surface area contributed by atoms with Crippen molar-refractivity contribution in [3.63, 3.8) is 0 Å². The van der Waals surface area contributed by atoms with E-state index < -0.39 is 5.97 Å². The smallest absolute Gasteiger partial charge is 0.337 e. The highest BCUT2D eigenvalue weighted by atomic mass is 35.5. The van der Waals surface area contributed by atoms with Crippen LogP contribution < -0.4 is 10.6 Å². The number of benzene rings is 2. The van der Waals surface area contributed by atoms with E-state index in [4.69, 9.17) is 23.2 Å². The fourth-order valence-electron chi connectivity index (χ4n) is 2.18. The SMILES string of the molecule is O=C(O)c1ccccc1Nc1cc(Nc2cc(Cl)cc(Cl)c2)ncn1. The third-order valence-corrected chi connectivity index (χ3v) is 3.66. The summed E-state index contributed by atoms with van der Waals surface area (Å²) >= 11 is 12.0. The summed E-state index contributed by atoms with van der Waals surface area (Å²) in [5, 5.41) is 16.3. The molecule has 1 heterocycles. The first-order valence-corrected chi connectivity index (χ1v) is 7.91. The third kappa shape index (κ3) is 4.37. The number of para-hydroxylation sites is 1. The van der Waals surface area contributed by atoms with E-state index in [0.717, 1.165) is 0 Å². The number of carboxylic acids is 1. The van der Waals surface area contributed by atoms with E-state index in [9.17, 15) is 9.90 Å². The van der Waals surface area contributed by atoms with Crippen molar-refractivity contribution in [1.82, 2.24) is 9.97 Å². The zero-order valence-corrected chi connectivity index (χ0v) is 14.2. The van der Waals surface area contributed by atoms with E-state index in [0.29, 0.717) is 33.1 Å². The molecule has 3 aromatic rings. The molecule has 0 aliphatic carbocycles. The predicted molar refractivity (Wildman–Crippen MR) is 98.5 cm³/mol. The Morgan fingerprint density at radius 2 is 1.56 bits per heavy atom. The Balaban J connectivity index is 1.84. The maximum Gasteiger partial charge on any atom is 0.337 e. The fraction of sp³-hybridized carbons (Fsp3) is 0. The van der Waals surface area contributed by atoms with Crippen LogP contribution in [0, 0.1) is 0 Å². The Labute approximate surface area is 153 Å². The minimum atomic E-state index is -1.02. The zero-order valence-electron chi connectivity index (χ0n) is 12.7. The molecule has 0 bridgehead atoms. The molecule has 0 unspecified atom stereocenters. The lowest BCUT2D eigenvalue weighted by Gasteiger charge is -2.11. The number of rotatable bonds is 5. The van der Waals surface area contributed by atoms with Gasteiger partial charge in [-0.1, -0.05) is 35.3 Å². The molecule has 0 aliphatic rings. The summed E-state index contributed by atoms with van der Waals surface area (Å²) in [6, 6.07) is 13.3. The van der Waals surface area contributed by atoms with Gasteiger partial charge in [-0.2, -0.15) is 0 Å². The lowest BCUT2D eigenvalue weighted by Crippen LogP contribution is -2.04. The summed E-state index contributed by atoms with van der Waals surface area (Å²) in [4.78, 5) is 19.5. The average Bonchev–Trinajstić information content (AvgIpc) is 2.54. The Morgan fingerprint density at radius 3 is 2.24 bits per heavy atom. The molecule has 8 heteroatoms. The van der Waals surface area contributed by atoms with Gasteiger partial charge in [0.05, 0.1) is 11.3 Å². The number of anilines is 4. The molecule has 25 heavy (non-hydrogen) atoms. The van der Waals surface area contributed by atoms with Crippen LogP contribution in [0.15, 0.2) is 54.9 Å². The van der Waals surface area contributed by atoms with Crippen molar-refractivity contribution >= 4 is 52.2 Å². The molecule has 0 saturated heterocycles. The first-order chi connectivity index (χ1) is 12.0. The third-order valence-electron chi connectivity index (χ3n) is 3.22. The van der Waals surface area contributed by atoms with Gasteiger partial charge in [0.15, 0.2) is 0 Å². The number of nitrogens with zero attached hydrogens (tertiary/aromatic N) is 2. The van der Waals surface area contributed by atoms with Crippen LogP contribution in [0.3, 0.4) is 0 Å². The molecule has 2 aromatic carbocycles. The summed E-state index contributed by atoms with van der Waals surface area (Å²) in [6.07, 6.45) is 1.36. The molecule has 0 fully saturated rings. The quantitative estimate of drug-likeness (QED) is 0.584. The maximum atomic E-state index is 11.3. The highest BCUT2D eigenvalue weighted by Crippen LogP contribution is 2.26. The minimum absolute atomic E-state index is 0.150. The van der Waals surface area contributed by atoms with Gasteiger partial charge in [-0.05, 0) is 30.3 Å². The molecule has 3 N–H and O–H groups in total. The van der Waals surface area contributed by atoms with Crippen LogP contribution >= 0.6 is 23.2 Å². The second-order valence-corrected chi connectivity index (χ2v) is 5.92. The first-order valence-electron chi connectivity index (χ1n) is 7.16. The lowest BCUT2D eigenvalue weighted by molar-refractivity contribution is 0.0698. The van der Waals surface area contributed by atoms with Crippen LogP contribution in [0.1, 0.15) is 10.4 Å². The molecule has 0 radical (unpaired) electrons. The van der Waals surface area contributed by atoms with Gasteiger partial charge in [-0.25, -0.2) is 14.8 Å². The van der Waals surface area contributed by atoms with E-state index >= 15 is 0 Å². The average molecular weight is 375 g/mol. The molecule has 0 aliphatic heterocycles. The molecule has 126 valence electrons. The number of hydrogen-bond acceptors (Lipinski definition) is 5. The van der Waals surface area contributed by atoms with E-state index in [1.807, 2.05) is 0 Å². The van der Waals surface area contributed by atoms with Gasteiger partial charge in [-0.15, -0.1) is 0 Å². The van der Waals surface area contributed by atoms with Crippen LogP contribution in [0.5, 0.6) is 0 Å². The van der Waals surface area contributed by atoms with Crippen LogP contribution in [0.25, 0.3) is 0 Å². The predicted octanol–water partition coefficient (Wildman–Crippen LogP) is 4.97. The van der Waals surface area contributed by atoms with Crippen LogP contribution in [-0.2, 0) is 0 Å². The Morgan fingerprint density at radius 1 is 0.920 bits per heavy atom. The monoisotopic (exact) mass is 374 g/mol. The van der Waals surface area contributed by atoms with Gasteiger partial charge in [-0.3, -0.25) is 0 Å². The number of nitrogens with one attached hydrogen (secondary N) is 2. The summed E-state index contributed by atoms with van der Waals surface area (Å²) < 4.78 is 0. The summed E-state index contributed by atoms with van der Waals surface area (Å²) in [5.41, 5.74) is 1.26. The van der Waals surface area contributed by atoms with E-state index in [1.54, 1.807) is 42.5 Å². The second-order valence-electron chi connectivity index (χ2n) is 5.05. The van der Waals surface area contributed by atoms with E-state index in [-0.39, 0.29) is 5.56 Å². The largest absolute Gasteiger partial charge is 0.478 e. The molecule has 6 nitrogen and oxygen atoms in total. The number of aromatic carboxylic acids is 1. The fourth-order valence-corrected chi connectivity index (χ4v) is 2.71. The van der Waals surface area contributed by atoms with Crippen LogP contribution in [0.4, 0.5) is 23.0 Å². The number of hydrogen-bond donors (Lipinski definition) is 3. The van der Waals surface area contributed by atoms with E-state index in [1.165, 1.54) is 12.4 Å². The normalized spacial score (nSPS) is 10.3. The molecule has 0 saturated carbocycles. The topological polar surface area (TPSA) is 87.1 Å². The molecular weight excluding hydrogens is 363 g/mol. The molecule has 1 aromatic heterocycles. The highest BCUT2D eigenvalue weighted by molar-refractivity contribution is 6.35. The summed E-state index contributed by atoms with van der Waals surface area (Å²) in [5.74, 6) is -0.0768. The van der Waals surface area contributed by atoms with Gasteiger partial charge in [0.25, 0.3) is 0 Å². The molecule has 3 rings (SSSR count). The summed E-state index contributed by atoms with van der Waals surface area (Å²) in [6.45, 7) is 0. The molecule has 0 spiro atoms. The van der Waals surface area contributed by atoms with Crippen LogP contribution in [-0.4, -0.2) is 21.0 Å². The Kier molecular flexibility index (Phi) is 5.02. The standard InChI is InChI=1S/C17H12Cl2N4O2/c18-10-5-11(19)7-12(6-10)22-15-8-16(21-9-20-15)23-14-4-2-1-3-13(14)17(24)25/h1-9H,(H,24,25)(H2,20,21,22,23). The van der Waals surface area contributed by atoms with Crippen molar-refractivity contribution in [3.05, 3.63) is 70.5 Å². The van der Waals surface area contributed by atoms with Crippen LogP contribution in [0.2, 0.25) is 10.0 Å². The van der Waals surface area contributed by atoms with Crippen molar-refractivity contribution in [3.8, 4) is 0 Å². The van der Waals surface area contributed by atoms with Gasteiger partial charge < -0.3 is 15.7 Å². The van der Waals surface area contributed by atoms with Crippen molar-refractivity contribution < 1.29 is 9.90 Å². The van der Waals surface area contributed by atoms with Gasteiger partial charge in [0.2, 0.25) is 0 Å². The van der Waals surface area contributed by atoms with Gasteiger partial charge in [0.1, 0.15) is 18.0 Å². The van der Waals surface area contributed by atoms with Crippen molar-refractivity contribution in [2.45, 2.75) is 0 Å². The molecular formula is C17H12Cl2N4O2. The van der Waals surface area contributed by atoms with Crippen molar-refractivity contribution in [2.24, 2.45) is 0 Å². The number of aromatic nitrogens is 2. The summed E-state index contributed by atoms with van der Waals surface area (Å²) in [7, 11) is 0. The Bertz CT molecular complexity index is 914. The Hall–Kier alpha value is -2.83. The molecule has 0 amide bonds. The van der Waals surface area contributed by atoms with Gasteiger partial charge >= 0.3 is 5.97 Å². The first kappa shape index (κ1) is 17.0. The van der Waals surface area contributed by atoms with Gasteiger partial charge in [0, 0.05) is 21.8 Å². The van der Waals surface area contributed by atoms with Crippen molar-refractivity contribution in [1.29, 1.82) is 0 Å². The second kappa shape index (κ2) is 7.38. The number of halogens is 2. The van der Waals surface area contributed by atoms with E-state index in [2.05, 4.69) is 20.6 Å². The van der Waals surface area contributed by atoms with Crippen molar-refractivity contribution in [2.75, 3.05) is 10.6 Å². The minimum Gasteiger partial charge on any atom is -0.478 e.